The SMILES string of the molecule is COc1cc(NC2CCCCC2O)cc(OC)c1OC. The molecule has 1 fully saturated rings. The molecule has 2 unspecified atom stereocenters. The van der Waals surface area contributed by atoms with Gasteiger partial charge < -0.3 is 24.6 Å². The molecule has 0 saturated heterocycles. The molecule has 5 nitrogen and oxygen atoms in total. The maximum atomic E-state index is 10.0. The molecule has 5 heteroatoms. The minimum Gasteiger partial charge on any atom is -0.493 e. The topological polar surface area (TPSA) is 60.0 Å². The second kappa shape index (κ2) is 6.70. The summed E-state index contributed by atoms with van der Waals surface area (Å²) in [4.78, 5) is 0. The third-order valence-electron chi connectivity index (χ3n) is 3.75. The summed E-state index contributed by atoms with van der Waals surface area (Å²) < 4.78 is 16.0. The van der Waals surface area contributed by atoms with Gasteiger partial charge in [0.25, 0.3) is 0 Å². The maximum Gasteiger partial charge on any atom is 0.203 e. The maximum absolute atomic E-state index is 10.0. The Morgan fingerprint density at radius 3 is 2.10 bits per heavy atom. The molecule has 0 amide bonds. The van der Waals surface area contributed by atoms with Gasteiger partial charge >= 0.3 is 0 Å². The Kier molecular flexibility index (Phi) is 4.95. The molecule has 0 spiro atoms. The molecule has 1 aromatic rings. The zero-order valence-corrected chi connectivity index (χ0v) is 12.3. The first-order chi connectivity index (χ1) is 9.69. The van der Waals surface area contributed by atoms with Gasteiger partial charge in [0.1, 0.15) is 0 Å². The molecule has 0 heterocycles. The lowest BCUT2D eigenvalue weighted by Gasteiger charge is -2.29. The highest BCUT2D eigenvalue weighted by atomic mass is 16.5. The molecule has 1 saturated carbocycles. The van der Waals surface area contributed by atoms with Crippen molar-refractivity contribution in [2.45, 2.75) is 37.8 Å². The van der Waals surface area contributed by atoms with Crippen LogP contribution in [-0.4, -0.2) is 38.6 Å². The Balaban J connectivity index is 2.23. The molecule has 2 rings (SSSR count). The van der Waals surface area contributed by atoms with Gasteiger partial charge in [0.05, 0.1) is 33.5 Å². The predicted octanol–water partition coefficient (Wildman–Crippen LogP) is 2.43. The zero-order valence-electron chi connectivity index (χ0n) is 12.3. The van der Waals surface area contributed by atoms with Crippen LogP contribution in [0.25, 0.3) is 0 Å². The first-order valence-corrected chi connectivity index (χ1v) is 6.94. The standard InChI is InChI=1S/C15H23NO4/c1-18-13-8-10(9-14(19-2)15(13)20-3)16-11-6-4-5-7-12(11)17/h8-9,11-12,16-17H,4-7H2,1-3H3. The monoisotopic (exact) mass is 281 g/mol. The molecule has 0 aromatic heterocycles. The first kappa shape index (κ1) is 14.8. The number of anilines is 1. The minimum absolute atomic E-state index is 0.0755. The lowest BCUT2D eigenvalue weighted by molar-refractivity contribution is 0.116. The van der Waals surface area contributed by atoms with E-state index < -0.39 is 0 Å². The van der Waals surface area contributed by atoms with E-state index in [1.165, 1.54) is 0 Å². The number of benzene rings is 1. The number of hydrogen-bond acceptors (Lipinski definition) is 5. The highest BCUT2D eigenvalue weighted by Crippen LogP contribution is 2.40. The van der Waals surface area contributed by atoms with Gasteiger partial charge in [-0.05, 0) is 12.8 Å². The van der Waals surface area contributed by atoms with Crippen LogP contribution >= 0.6 is 0 Å². The second-order valence-corrected chi connectivity index (χ2v) is 5.02. The fraction of sp³-hybridized carbons (Fsp3) is 0.600. The van der Waals surface area contributed by atoms with Crippen molar-refractivity contribution in [2.75, 3.05) is 26.6 Å². The number of aliphatic hydroxyl groups excluding tert-OH is 1. The highest BCUT2D eigenvalue weighted by molar-refractivity contribution is 5.62. The lowest BCUT2D eigenvalue weighted by Crippen LogP contribution is -2.36. The first-order valence-electron chi connectivity index (χ1n) is 6.94. The van der Waals surface area contributed by atoms with E-state index in [0.29, 0.717) is 17.2 Å². The summed E-state index contributed by atoms with van der Waals surface area (Å²) in [5, 5.41) is 13.4. The van der Waals surface area contributed by atoms with Crippen LogP contribution < -0.4 is 19.5 Å². The smallest absolute Gasteiger partial charge is 0.203 e. The summed E-state index contributed by atoms with van der Waals surface area (Å²) in [7, 11) is 4.77. The van der Waals surface area contributed by atoms with Crippen molar-refractivity contribution < 1.29 is 19.3 Å². The number of nitrogens with one attached hydrogen (secondary N) is 1. The van der Waals surface area contributed by atoms with Crippen LogP contribution in [0.5, 0.6) is 17.2 Å². The molecular weight excluding hydrogens is 258 g/mol. The molecular formula is C15H23NO4. The van der Waals surface area contributed by atoms with E-state index in [2.05, 4.69) is 5.32 Å². The Hall–Kier alpha value is -1.62. The quantitative estimate of drug-likeness (QED) is 0.868. The van der Waals surface area contributed by atoms with Gasteiger partial charge in [-0.25, -0.2) is 0 Å². The summed E-state index contributed by atoms with van der Waals surface area (Å²) in [5.74, 6) is 1.80. The summed E-state index contributed by atoms with van der Waals surface area (Å²) in [6.07, 6.45) is 3.75. The number of aliphatic hydroxyl groups is 1. The molecule has 0 radical (unpaired) electrons. The second-order valence-electron chi connectivity index (χ2n) is 5.02. The van der Waals surface area contributed by atoms with Crippen molar-refractivity contribution in [3.63, 3.8) is 0 Å². The molecule has 0 aliphatic heterocycles. The van der Waals surface area contributed by atoms with E-state index in [4.69, 9.17) is 14.2 Å². The van der Waals surface area contributed by atoms with Crippen LogP contribution in [0.2, 0.25) is 0 Å². The van der Waals surface area contributed by atoms with Crippen molar-refractivity contribution in [3.05, 3.63) is 12.1 Å². The van der Waals surface area contributed by atoms with E-state index in [1.54, 1.807) is 21.3 Å². The average molecular weight is 281 g/mol. The van der Waals surface area contributed by atoms with Crippen molar-refractivity contribution in [1.29, 1.82) is 0 Å². The number of rotatable bonds is 5. The van der Waals surface area contributed by atoms with Crippen molar-refractivity contribution in [1.82, 2.24) is 0 Å². The summed E-state index contributed by atoms with van der Waals surface area (Å²) in [6.45, 7) is 0. The van der Waals surface area contributed by atoms with E-state index >= 15 is 0 Å². The molecule has 112 valence electrons. The number of hydrogen-bond donors (Lipinski definition) is 2. The predicted molar refractivity (Wildman–Crippen MR) is 78.0 cm³/mol. The third-order valence-corrected chi connectivity index (χ3v) is 3.75. The number of ether oxygens (including phenoxy) is 3. The molecule has 1 aromatic carbocycles. The fourth-order valence-corrected chi connectivity index (χ4v) is 2.66. The van der Waals surface area contributed by atoms with Crippen LogP contribution in [-0.2, 0) is 0 Å². The average Bonchev–Trinajstić information content (AvgIpc) is 2.48. The summed E-state index contributed by atoms with van der Waals surface area (Å²) >= 11 is 0. The Labute approximate surface area is 119 Å². The van der Waals surface area contributed by atoms with Crippen LogP contribution in [0, 0.1) is 0 Å². The van der Waals surface area contributed by atoms with Gasteiger partial charge in [0, 0.05) is 17.8 Å². The number of methoxy groups -OCH3 is 3. The summed E-state index contributed by atoms with van der Waals surface area (Å²) in [6, 6.07) is 3.80. The van der Waals surface area contributed by atoms with E-state index in [-0.39, 0.29) is 12.1 Å². The molecule has 0 bridgehead atoms. The Bertz CT molecular complexity index is 424. The minimum atomic E-state index is -0.303. The third kappa shape index (κ3) is 3.10. The largest absolute Gasteiger partial charge is 0.493 e. The molecule has 20 heavy (non-hydrogen) atoms. The van der Waals surface area contributed by atoms with Crippen LogP contribution in [0.3, 0.4) is 0 Å². The normalized spacial score (nSPS) is 22.2. The summed E-state index contributed by atoms with van der Waals surface area (Å²) in [5.41, 5.74) is 0.866. The molecule has 2 N–H and O–H groups in total. The molecule has 2 atom stereocenters. The van der Waals surface area contributed by atoms with Crippen molar-refractivity contribution >= 4 is 5.69 Å². The van der Waals surface area contributed by atoms with Crippen LogP contribution in [0.15, 0.2) is 12.1 Å². The Morgan fingerprint density at radius 2 is 1.60 bits per heavy atom. The molecule has 1 aliphatic carbocycles. The van der Waals surface area contributed by atoms with Crippen LogP contribution in [0.1, 0.15) is 25.7 Å². The van der Waals surface area contributed by atoms with Gasteiger partial charge in [-0.1, -0.05) is 12.8 Å². The zero-order chi connectivity index (χ0) is 14.5. The van der Waals surface area contributed by atoms with Gasteiger partial charge in [0.15, 0.2) is 11.5 Å². The fourth-order valence-electron chi connectivity index (χ4n) is 2.66. The lowest BCUT2D eigenvalue weighted by atomic mass is 9.92. The van der Waals surface area contributed by atoms with Gasteiger partial charge in [-0.3, -0.25) is 0 Å². The highest BCUT2D eigenvalue weighted by Gasteiger charge is 2.23. The van der Waals surface area contributed by atoms with E-state index in [9.17, 15) is 5.11 Å². The van der Waals surface area contributed by atoms with Crippen LogP contribution in [0.4, 0.5) is 5.69 Å². The van der Waals surface area contributed by atoms with Gasteiger partial charge in [-0.15, -0.1) is 0 Å². The van der Waals surface area contributed by atoms with E-state index in [1.807, 2.05) is 12.1 Å². The van der Waals surface area contributed by atoms with Gasteiger partial charge in [-0.2, -0.15) is 0 Å². The van der Waals surface area contributed by atoms with Crippen molar-refractivity contribution in [2.24, 2.45) is 0 Å². The Morgan fingerprint density at radius 1 is 1.00 bits per heavy atom. The van der Waals surface area contributed by atoms with E-state index in [0.717, 1.165) is 31.4 Å². The van der Waals surface area contributed by atoms with Gasteiger partial charge in [0.2, 0.25) is 5.75 Å². The van der Waals surface area contributed by atoms with Crippen molar-refractivity contribution in [3.8, 4) is 17.2 Å². The molecule has 1 aliphatic rings.